The topological polar surface area (TPSA) is 90.8 Å². The Bertz CT molecular complexity index is 941. The highest BCUT2D eigenvalue weighted by molar-refractivity contribution is 6.32. The zero-order valence-corrected chi connectivity index (χ0v) is 17.9. The zero-order chi connectivity index (χ0) is 21.3. The predicted octanol–water partition coefficient (Wildman–Crippen LogP) is 2.64. The zero-order valence-electron chi connectivity index (χ0n) is 17.1. The molecule has 4 rings (SSSR count). The van der Waals surface area contributed by atoms with Crippen molar-refractivity contribution in [3.05, 3.63) is 40.5 Å². The molecule has 2 aromatic rings. The monoisotopic (exact) mass is 431 g/mol. The number of ether oxygens (including phenoxy) is 1. The van der Waals surface area contributed by atoms with E-state index in [9.17, 15) is 9.90 Å². The van der Waals surface area contributed by atoms with Gasteiger partial charge in [-0.3, -0.25) is 4.79 Å². The highest BCUT2D eigenvalue weighted by Crippen LogP contribution is 2.35. The summed E-state index contributed by atoms with van der Waals surface area (Å²) in [5.41, 5.74) is 5.05. The van der Waals surface area contributed by atoms with Crippen molar-refractivity contribution in [1.29, 1.82) is 0 Å². The molecule has 0 radical (unpaired) electrons. The minimum Gasteiger partial charge on any atom is -0.495 e. The van der Waals surface area contributed by atoms with Gasteiger partial charge in [0.15, 0.2) is 5.82 Å². The van der Waals surface area contributed by atoms with Crippen molar-refractivity contribution in [3.63, 3.8) is 0 Å². The molecule has 3 heterocycles. The third-order valence-corrected chi connectivity index (χ3v) is 6.05. The number of amides is 1. The molecule has 1 fully saturated rings. The molecule has 1 unspecified atom stereocenters. The third kappa shape index (κ3) is 3.95. The summed E-state index contributed by atoms with van der Waals surface area (Å²) in [6.45, 7) is 3.28. The lowest BCUT2D eigenvalue weighted by molar-refractivity contribution is -0.120. The summed E-state index contributed by atoms with van der Waals surface area (Å²) in [5.74, 6) is 1.73. The van der Waals surface area contributed by atoms with E-state index in [1.54, 1.807) is 19.4 Å². The molecule has 0 spiro atoms. The molecule has 1 aromatic heterocycles. The molecule has 2 aliphatic heterocycles. The van der Waals surface area contributed by atoms with Crippen LogP contribution in [-0.4, -0.2) is 47.3 Å². The molecule has 0 saturated carbocycles. The molecule has 30 heavy (non-hydrogen) atoms. The maximum Gasteiger partial charge on any atom is 0.243 e. The SMILES string of the molecule is COc1ccc(CNN2C(=O)C[C@H](C)c3cnc(N4CCCC4CO)nc32)cc1Cl. The van der Waals surface area contributed by atoms with Gasteiger partial charge in [-0.15, -0.1) is 0 Å². The van der Waals surface area contributed by atoms with Crippen LogP contribution in [0.5, 0.6) is 5.75 Å². The highest BCUT2D eigenvalue weighted by atomic mass is 35.5. The normalized spacial score (nSPS) is 21.1. The van der Waals surface area contributed by atoms with Gasteiger partial charge in [-0.2, -0.15) is 4.98 Å². The molecular weight excluding hydrogens is 406 g/mol. The van der Waals surface area contributed by atoms with Crippen molar-refractivity contribution in [1.82, 2.24) is 15.4 Å². The molecule has 1 aromatic carbocycles. The lowest BCUT2D eigenvalue weighted by atomic mass is 9.95. The first-order valence-corrected chi connectivity index (χ1v) is 10.5. The first-order chi connectivity index (χ1) is 14.5. The van der Waals surface area contributed by atoms with Crippen molar-refractivity contribution in [2.75, 3.05) is 30.2 Å². The van der Waals surface area contributed by atoms with Crippen LogP contribution in [0.1, 0.15) is 43.2 Å². The minimum absolute atomic E-state index is 0.0163. The number of anilines is 2. The molecule has 8 nitrogen and oxygen atoms in total. The molecule has 9 heteroatoms. The molecule has 160 valence electrons. The third-order valence-electron chi connectivity index (χ3n) is 5.76. The molecule has 2 N–H and O–H groups in total. The number of hydrogen-bond donors (Lipinski definition) is 2. The van der Waals surface area contributed by atoms with Gasteiger partial charge in [-0.25, -0.2) is 15.4 Å². The average molecular weight is 432 g/mol. The summed E-state index contributed by atoms with van der Waals surface area (Å²) in [4.78, 5) is 24.1. The van der Waals surface area contributed by atoms with Crippen LogP contribution in [0.25, 0.3) is 0 Å². The number of carbonyl (C=O) groups is 1. The summed E-state index contributed by atoms with van der Waals surface area (Å²) in [6, 6.07) is 5.53. The second kappa shape index (κ2) is 8.75. The molecule has 1 amide bonds. The lowest BCUT2D eigenvalue weighted by Crippen LogP contribution is -2.47. The minimum atomic E-state index is -0.0422. The van der Waals surface area contributed by atoms with Crippen molar-refractivity contribution in [3.8, 4) is 5.75 Å². The fourth-order valence-electron chi connectivity index (χ4n) is 4.06. The fourth-order valence-corrected chi connectivity index (χ4v) is 4.34. The standard InChI is InChI=1S/C21H26ClN5O3/c1-13-8-19(29)27(24-10-14-5-6-18(30-2)17(22)9-14)20-16(13)11-23-21(25-20)26-7-3-4-15(26)12-28/h5-6,9,11,13,15,24,28H,3-4,7-8,10,12H2,1-2H3/t13-,15?/m0/s1. The number of benzene rings is 1. The van der Waals surface area contributed by atoms with Gasteiger partial charge in [0.25, 0.3) is 0 Å². The van der Waals surface area contributed by atoms with Gasteiger partial charge in [-0.1, -0.05) is 24.6 Å². The lowest BCUT2D eigenvalue weighted by Gasteiger charge is -2.33. The van der Waals surface area contributed by atoms with Crippen LogP contribution in [0.3, 0.4) is 0 Å². The van der Waals surface area contributed by atoms with Gasteiger partial charge in [-0.05, 0) is 36.5 Å². The first kappa shape index (κ1) is 20.8. The molecule has 2 atom stereocenters. The van der Waals surface area contributed by atoms with E-state index >= 15 is 0 Å². The number of methoxy groups -OCH3 is 1. The van der Waals surface area contributed by atoms with E-state index < -0.39 is 0 Å². The van der Waals surface area contributed by atoms with Crippen LogP contribution >= 0.6 is 11.6 Å². The Morgan fingerprint density at radius 2 is 2.23 bits per heavy atom. The van der Waals surface area contributed by atoms with E-state index in [1.807, 2.05) is 24.0 Å². The van der Waals surface area contributed by atoms with Gasteiger partial charge in [0, 0.05) is 31.3 Å². The van der Waals surface area contributed by atoms with Gasteiger partial charge >= 0.3 is 0 Å². The van der Waals surface area contributed by atoms with E-state index in [2.05, 4.69) is 10.4 Å². The predicted molar refractivity (Wildman–Crippen MR) is 115 cm³/mol. The van der Waals surface area contributed by atoms with E-state index in [-0.39, 0.29) is 24.5 Å². The highest BCUT2D eigenvalue weighted by Gasteiger charge is 2.33. The van der Waals surface area contributed by atoms with Gasteiger partial charge in [0.2, 0.25) is 11.9 Å². The van der Waals surface area contributed by atoms with Crippen molar-refractivity contribution in [2.45, 2.75) is 44.7 Å². The Kier molecular flexibility index (Phi) is 6.08. The Balaban J connectivity index is 1.60. The summed E-state index contributed by atoms with van der Waals surface area (Å²) >= 11 is 6.22. The molecule has 1 saturated heterocycles. The van der Waals surface area contributed by atoms with Crippen LogP contribution < -0.4 is 20.1 Å². The second-order valence-electron chi connectivity index (χ2n) is 7.76. The van der Waals surface area contributed by atoms with Crippen LogP contribution in [0.15, 0.2) is 24.4 Å². The number of rotatable bonds is 6. The number of aliphatic hydroxyl groups is 1. The number of aromatic nitrogens is 2. The smallest absolute Gasteiger partial charge is 0.243 e. The first-order valence-electron chi connectivity index (χ1n) is 10.1. The number of halogens is 1. The summed E-state index contributed by atoms with van der Waals surface area (Å²) < 4.78 is 5.19. The van der Waals surface area contributed by atoms with Crippen molar-refractivity contribution >= 4 is 29.3 Å². The largest absolute Gasteiger partial charge is 0.495 e. The van der Waals surface area contributed by atoms with E-state index in [1.165, 1.54) is 5.01 Å². The van der Waals surface area contributed by atoms with Crippen LogP contribution in [0.2, 0.25) is 5.02 Å². The number of hydrogen-bond acceptors (Lipinski definition) is 7. The molecule has 2 aliphatic rings. The summed E-state index contributed by atoms with van der Waals surface area (Å²) in [5, 5.41) is 11.7. The van der Waals surface area contributed by atoms with Crippen LogP contribution in [0, 0.1) is 0 Å². The number of hydrazine groups is 1. The maximum atomic E-state index is 12.8. The van der Waals surface area contributed by atoms with E-state index in [0.717, 1.165) is 30.5 Å². The second-order valence-corrected chi connectivity index (χ2v) is 8.17. The van der Waals surface area contributed by atoms with Crippen LogP contribution in [0.4, 0.5) is 11.8 Å². The maximum absolute atomic E-state index is 12.8. The van der Waals surface area contributed by atoms with Crippen LogP contribution in [-0.2, 0) is 11.3 Å². The Hall–Kier alpha value is -2.42. The van der Waals surface area contributed by atoms with E-state index in [0.29, 0.717) is 35.5 Å². The van der Waals surface area contributed by atoms with Gasteiger partial charge in [0.05, 0.1) is 24.8 Å². The Morgan fingerprint density at radius 1 is 1.40 bits per heavy atom. The van der Waals surface area contributed by atoms with Gasteiger partial charge in [0.1, 0.15) is 5.75 Å². The summed E-state index contributed by atoms with van der Waals surface area (Å²) in [7, 11) is 1.57. The number of aliphatic hydroxyl groups excluding tert-OH is 1. The quantitative estimate of drug-likeness (QED) is 0.726. The Morgan fingerprint density at radius 3 is 2.97 bits per heavy atom. The molecule has 0 aliphatic carbocycles. The number of carbonyl (C=O) groups excluding carboxylic acids is 1. The van der Waals surface area contributed by atoms with Crippen molar-refractivity contribution in [2.24, 2.45) is 0 Å². The molecule has 0 bridgehead atoms. The summed E-state index contributed by atoms with van der Waals surface area (Å²) in [6.07, 6.45) is 4.09. The number of fused-ring (bicyclic) bond motifs is 1. The fraction of sp³-hybridized carbons (Fsp3) is 0.476. The number of nitrogens with one attached hydrogen (secondary N) is 1. The molecular formula is C21H26ClN5O3. The Labute approximate surface area is 180 Å². The number of nitrogens with zero attached hydrogens (tertiary/aromatic N) is 4. The van der Waals surface area contributed by atoms with Crippen molar-refractivity contribution < 1.29 is 14.6 Å². The average Bonchev–Trinajstić information content (AvgIpc) is 3.22. The van der Waals surface area contributed by atoms with Gasteiger partial charge < -0.3 is 14.7 Å². The van der Waals surface area contributed by atoms with E-state index in [4.69, 9.17) is 21.3 Å².